The minimum absolute atomic E-state index is 1.10. The molecule has 0 aliphatic heterocycles. The van der Waals surface area contributed by atoms with Crippen LogP contribution < -0.4 is 0 Å². The Morgan fingerprint density at radius 2 is 1.33 bits per heavy atom. The average Bonchev–Trinajstić information content (AvgIpc) is 1.95. The Labute approximate surface area is 65.2 Å². The molecule has 0 amide bonds. The quantitative estimate of drug-likeness (QED) is 0.640. The molecule has 0 bridgehead atoms. The molecule has 56 valence electrons. The molecule has 0 unspecified atom stereocenters. The standard InChI is InChI=1S/C7H18AsS/c1-5-8(6-2,7-3)9-4/h5-7H2,1-4H3/q+1. The van der Waals surface area contributed by atoms with E-state index in [4.69, 9.17) is 0 Å². The van der Waals surface area contributed by atoms with Crippen LogP contribution in [-0.2, 0) is 0 Å². The summed E-state index contributed by atoms with van der Waals surface area (Å²) < 4.78 is 0. The van der Waals surface area contributed by atoms with Gasteiger partial charge in [0.15, 0.2) is 0 Å². The van der Waals surface area contributed by atoms with Gasteiger partial charge in [-0.1, -0.05) is 0 Å². The van der Waals surface area contributed by atoms with Gasteiger partial charge in [0, 0.05) is 0 Å². The molecule has 0 aromatic carbocycles. The number of rotatable bonds is 4. The van der Waals surface area contributed by atoms with Gasteiger partial charge in [0.25, 0.3) is 0 Å². The van der Waals surface area contributed by atoms with E-state index in [1.165, 1.54) is 15.6 Å². The molecule has 0 atom stereocenters. The predicted molar refractivity (Wildman–Crippen MR) is 50.7 cm³/mol. The summed E-state index contributed by atoms with van der Waals surface area (Å²) in [6.07, 6.45) is 2.30. The minimum atomic E-state index is -1.10. The third-order valence-corrected chi connectivity index (χ3v) is 19.0. The van der Waals surface area contributed by atoms with Crippen molar-refractivity contribution in [2.24, 2.45) is 0 Å². The van der Waals surface area contributed by atoms with E-state index in [0.717, 1.165) is 0 Å². The SMILES string of the molecule is CC[As+](CC)(CC)SC. The summed E-state index contributed by atoms with van der Waals surface area (Å²) in [5, 5.41) is 4.44. The summed E-state index contributed by atoms with van der Waals surface area (Å²) in [6, 6.07) is 0. The molecule has 0 spiro atoms. The second-order valence-corrected chi connectivity index (χ2v) is 17.3. The summed E-state index contributed by atoms with van der Waals surface area (Å²) >= 11 is -1.10. The van der Waals surface area contributed by atoms with E-state index < -0.39 is 12.4 Å². The molecule has 0 aromatic heterocycles. The fourth-order valence-electron chi connectivity index (χ4n) is 1.06. The molecule has 9 heavy (non-hydrogen) atoms. The van der Waals surface area contributed by atoms with Crippen LogP contribution in [-0.4, -0.2) is 18.7 Å². The fourth-order valence-corrected chi connectivity index (χ4v) is 9.52. The molecule has 0 radical (unpaired) electrons. The van der Waals surface area contributed by atoms with Crippen LogP contribution in [0.25, 0.3) is 0 Å². The van der Waals surface area contributed by atoms with Gasteiger partial charge in [-0.25, -0.2) is 0 Å². The monoisotopic (exact) mass is 209 g/mol. The molecule has 0 aliphatic rings. The maximum atomic E-state index is 2.36. The predicted octanol–water partition coefficient (Wildman–Crippen LogP) is 3.35. The van der Waals surface area contributed by atoms with Crippen LogP contribution in [0.15, 0.2) is 0 Å². The second kappa shape index (κ2) is 4.68. The van der Waals surface area contributed by atoms with Gasteiger partial charge in [0.05, 0.1) is 0 Å². The Bertz CT molecular complexity index is 51.8. The molecule has 0 rings (SSSR count). The van der Waals surface area contributed by atoms with Gasteiger partial charge in [-0.15, -0.1) is 0 Å². The average molecular weight is 209 g/mol. The van der Waals surface area contributed by atoms with Gasteiger partial charge in [0.2, 0.25) is 0 Å². The van der Waals surface area contributed by atoms with Crippen molar-refractivity contribution < 1.29 is 0 Å². The topological polar surface area (TPSA) is 0 Å². The van der Waals surface area contributed by atoms with Gasteiger partial charge >= 0.3 is 65.1 Å². The second-order valence-electron chi connectivity index (χ2n) is 2.19. The molecular weight excluding hydrogens is 191 g/mol. The van der Waals surface area contributed by atoms with Crippen LogP contribution in [0.1, 0.15) is 20.8 Å². The summed E-state index contributed by atoms with van der Waals surface area (Å²) in [5.74, 6) is 0. The van der Waals surface area contributed by atoms with E-state index in [1.54, 1.807) is 0 Å². The molecule has 0 fully saturated rings. The van der Waals surface area contributed by atoms with Gasteiger partial charge in [0.1, 0.15) is 0 Å². The summed E-state index contributed by atoms with van der Waals surface area (Å²) in [5.41, 5.74) is 0. The van der Waals surface area contributed by atoms with Crippen molar-refractivity contribution in [1.29, 1.82) is 0 Å². The molecule has 0 saturated heterocycles. The van der Waals surface area contributed by atoms with E-state index in [9.17, 15) is 0 Å². The maximum absolute atomic E-state index is 2.36. The van der Waals surface area contributed by atoms with E-state index in [-0.39, 0.29) is 0 Å². The van der Waals surface area contributed by atoms with Crippen molar-refractivity contribution in [3.05, 3.63) is 0 Å². The van der Waals surface area contributed by atoms with E-state index in [1.807, 2.05) is 0 Å². The summed E-state index contributed by atoms with van der Waals surface area (Å²) in [4.78, 5) is 0. The van der Waals surface area contributed by atoms with Gasteiger partial charge < -0.3 is 0 Å². The zero-order valence-electron chi connectivity index (χ0n) is 6.98. The Kier molecular flexibility index (Phi) is 5.15. The van der Waals surface area contributed by atoms with Crippen molar-refractivity contribution in [1.82, 2.24) is 0 Å². The van der Waals surface area contributed by atoms with Crippen molar-refractivity contribution in [3.63, 3.8) is 0 Å². The van der Waals surface area contributed by atoms with Crippen molar-refractivity contribution in [3.8, 4) is 0 Å². The first-order valence-corrected chi connectivity index (χ1v) is 11.1. The normalized spacial score (nSPS) is 12.0. The van der Waals surface area contributed by atoms with E-state index in [0.29, 0.717) is 0 Å². The van der Waals surface area contributed by atoms with Crippen LogP contribution in [0.3, 0.4) is 0 Å². The molecule has 0 nitrogen and oxygen atoms in total. The van der Waals surface area contributed by atoms with Crippen LogP contribution in [0.5, 0.6) is 0 Å². The van der Waals surface area contributed by atoms with E-state index >= 15 is 0 Å². The molecule has 0 aromatic rings. The Morgan fingerprint density at radius 1 is 1.00 bits per heavy atom. The van der Waals surface area contributed by atoms with Gasteiger partial charge in [-0.2, -0.15) is 0 Å². The zero-order chi connectivity index (χ0) is 7.33. The Morgan fingerprint density at radius 3 is 1.33 bits per heavy atom. The molecule has 2 heteroatoms. The van der Waals surface area contributed by atoms with Crippen molar-refractivity contribution in [2.75, 3.05) is 6.26 Å². The Hall–Kier alpha value is 0.908. The van der Waals surface area contributed by atoms with Crippen LogP contribution in [0.4, 0.5) is 0 Å². The summed E-state index contributed by atoms with van der Waals surface area (Å²) in [6.45, 7) is 7.07. The van der Waals surface area contributed by atoms with Crippen LogP contribution in [0.2, 0.25) is 15.6 Å². The van der Waals surface area contributed by atoms with E-state index in [2.05, 4.69) is 37.1 Å². The third kappa shape index (κ3) is 2.55. The Balaban J connectivity index is 3.82. The van der Waals surface area contributed by atoms with Crippen LogP contribution in [0, 0.1) is 0 Å². The third-order valence-electron chi connectivity index (χ3n) is 2.12. The summed E-state index contributed by atoms with van der Waals surface area (Å²) in [7, 11) is 2.19. The van der Waals surface area contributed by atoms with Crippen LogP contribution >= 0.6 is 10.0 Å². The first-order valence-electron chi connectivity index (χ1n) is 3.66. The molecule has 0 saturated carbocycles. The first kappa shape index (κ1) is 9.91. The zero-order valence-corrected chi connectivity index (χ0v) is 9.67. The van der Waals surface area contributed by atoms with Crippen molar-refractivity contribution in [2.45, 2.75) is 36.4 Å². The molecule has 0 N–H and O–H groups in total. The molecule has 0 heterocycles. The van der Waals surface area contributed by atoms with Gasteiger partial charge in [-0.05, 0) is 0 Å². The number of hydrogen-bond donors (Lipinski definition) is 0. The number of hydrogen-bond acceptors (Lipinski definition) is 1. The van der Waals surface area contributed by atoms with Gasteiger partial charge in [-0.3, -0.25) is 0 Å². The fraction of sp³-hybridized carbons (Fsp3) is 1.00. The molecule has 0 aliphatic carbocycles. The molecular formula is C7H18AsS+. The first-order chi connectivity index (χ1) is 4.24. The van der Waals surface area contributed by atoms with Crippen molar-refractivity contribution >= 4 is 22.4 Å².